The molecule has 0 aliphatic carbocycles. The molecule has 1 atom stereocenters. The summed E-state index contributed by atoms with van der Waals surface area (Å²) in [6.45, 7) is 14.1. The molecule has 1 saturated heterocycles. The van der Waals surface area contributed by atoms with E-state index in [9.17, 15) is 9.59 Å². The van der Waals surface area contributed by atoms with Gasteiger partial charge in [0.1, 0.15) is 5.60 Å². The predicted octanol–water partition coefficient (Wildman–Crippen LogP) is 3.86. The smallest absolute Gasteiger partial charge is 0.407 e. The van der Waals surface area contributed by atoms with Gasteiger partial charge in [0, 0.05) is 30.6 Å². The Morgan fingerprint density at radius 2 is 1.79 bits per heavy atom. The number of hydrogen-bond donors (Lipinski definition) is 1. The zero-order valence-corrected chi connectivity index (χ0v) is 18.5. The lowest BCUT2D eigenvalue weighted by atomic mass is 9.90. The third-order valence-electron chi connectivity index (χ3n) is 4.69. The standard InChI is InChI=1S/C22H34N2O5/c1-7-27-17-10-9-16(13-18(17)28-8-2)19(25)24-12-11-22(6,15-24)14-23-20(26)29-21(3,4)5/h9-10,13H,7-8,11-12,14-15H2,1-6H3,(H,23,26). The van der Waals surface area contributed by atoms with Crippen molar-refractivity contribution in [3.8, 4) is 11.5 Å². The highest BCUT2D eigenvalue weighted by molar-refractivity contribution is 5.95. The van der Waals surface area contributed by atoms with Crippen LogP contribution in [-0.4, -0.2) is 55.3 Å². The van der Waals surface area contributed by atoms with E-state index in [-0.39, 0.29) is 11.3 Å². The predicted molar refractivity (Wildman–Crippen MR) is 112 cm³/mol. The number of rotatable bonds is 7. The minimum atomic E-state index is -0.533. The van der Waals surface area contributed by atoms with Gasteiger partial charge in [-0.25, -0.2) is 4.79 Å². The summed E-state index contributed by atoms with van der Waals surface area (Å²) < 4.78 is 16.5. The summed E-state index contributed by atoms with van der Waals surface area (Å²) >= 11 is 0. The molecule has 1 N–H and O–H groups in total. The summed E-state index contributed by atoms with van der Waals surface area (Å²) in [5.41, 5.74) is -0.156. The second-order valence-corrected chi connectivity index (χ2v) is 8.67. The topological polar surface area (TPSA) is 77.1 Å². The molecule has 1 fully saturated rings. The molecular formula is C22H34N2O5. The van der Waals surface area contributed by atoms with Crippen molar-refractivity contribution in [2.45, 2.75) is 53.6 Å². The van der Waals surface area contributed by atoms with E-state index in [4.69, 9.17) is 14.2 Å². The van der Waals surface area contributed by atoms with Crippen molar-refractivity contribution in [3.63, 3.8) is 0 Å². The molecule has 0 saturated carbocycles. The number of likely N-dealkylation sites (tertiary alicyclic amines) is 1. The fourth-order valence-corrected chi connectivity index (χ4v) is 3.31. The lowest BCUT2D eigenvalue weighted by molar-refractivity contribution is 0.0504. The fourth-order valence-electron chi connectivity index (χ4n) is 3.31. The molecule has 0 spiro atoms. The van der Waals surface area contributed by atoms with Gasteiger partial charge in [-0.15, -0.1) is 0 Å². The summed E-state index contributed by atoms with van der Waals surface area (Å²) in [5, 5.41) is 2.83. The molecule has 7 nitrogen and oxygen atoms in total. The largest absolute Gasteiger partial charge is 0.490 e. The third-order valence-corrected chi connectivity index (χ3v) is 4.69. The molecule has 29 heavy (non-hydrogen) atoms. The van der Waals surface area contributed by atoms with Crippen LogP contribution in [0.25, 0.3) is 0 Å². The van der Waals surface area contributed by atoms with Crippen LogP contribution in [0.15, 0.2) is 18.2 Å². The van der Waals surface area contributed by atoms with Crippen molar-refractivity contribution in [2.75, 3.05) is 32.8 Å². The number of carbonyl (C=O) groups is 2. The molecule has 1 aromatic carbocycles. The Hall–Kier alpha value is -2.44. The number of amides is 2. The van der Waals surface area contributed by atoms with Crippen molar-refractivity contribution >= 4 is 12.0 Å². The van der Waals surface area contributed by atoms with E-state index in [0.29, 0.717) is 49.9 Å². The minimum absolute atomic E-state index is 0.0463. The number of hydrogen-bond acceptors (Lipinski definition) is 5. The van der Waals surface area contributed by atoms with Crippen LogP contribution in [0.2, 0.25) is 0 Å². The fraction of sp³-hybridized carbons (Fsp3) is 0.636. The van der Waals surface area contributed by atoms with E-state index >= 15 is 0 Å². The summed E-state index contributed by atoms with van der Waals surface area (Å²) in [6.07, 6.45) is 0.375. The highest BCUT2D eigenvalue weighted by atomic mass is 16.6. The average Bonchev–Trinajstić information content (AvgIpc) is 3.03. The maximum Gasteiger partial charge on any atom is 0.407 e. The van der Waals surface area contributed by atoms with Gasteiger partial charge in [0.25, 0.3) is 5.91 Å². The average molecular weight is 407 g/mol. The molecule has 0 bridgehead atoms. The van der Waals surface area contributed by atoms with Crippen LogP contribution in [0, 0.1) is 5.41 Å². The van der Waals surface area contributed by atoms with Gasteiger partial charge in [-0.05, 0) is 59.2 Å². The molecule has 7 heteroatoms. The van der Waals surface area contributed by atoms with Crippen LogP contribution < -0.4 is 14.8 Å². The Bertz CT molecular complexity index is 728. The lowest BCUT2D eigenvalue weighted by Crippen LogP contribution is -2.41. The molecular weight excluding hydrogens is 372 g/mol. The van der Waals surface area contributed by atoms with Gasteiger partial charge in [0.05, 0.1) is 13.2 Å². The maximum atomic E-state index is 13.0. The molecule has 1 heterocycles. The molecule has 1 aromatic rings. The van der Waals surface area contributed by atoms with Crippen molar-refractivity contribution < 1.29 is 23.8 Å². The van der Waals surface area contributed by atoms with Gasteiger partial charge < -0.3 is 24.4 Å². The van der Waals surface area contributed by atoms with E-state index in [0.717, 1.165) is 6.42 Å². The van der Waals surface area contributed by atoms with Crippen molar-refractivity contribution in [1.82, 2.24) is 10.2 Å². The van der Waals surface area contributed by atoms with E-state index < -0.39 is 11.7 Å². The summed E-state index contributed by atoms with van der Waals surface area (Å²) in [5.74, 6) is 1.17. The molecule has 1 aliphatic rings. The maximum absolute atomic E-state index is 13.0. The Labute approximate surface area is 173 Å². The number of nitrogens with zero attached hydrogens (tertiary/aromatic N) is 1. The minimum Gasteiger partial charge on any atom is -0.490 e. The molecule has 0 radical (unpaired) electrons. The number of ether oxygens (including phenoxy) is 3. The van der Waals surface area contributed by atoms with E-state index in [1.165, 1.54) is 0 Å². The number of alkyl carbamates (subject to hydrolysis) is 1. The number of nitrogens with one attached hydrogen (secondary N) is 1. The first-order chi connectivity index (χ1) is 13.6. The van der Waals surface area contributed by atoms with Crippen LogP contribution in [-0.2, 0) is 4.74 Å². The lowest BCUT2D eigenvalue weighted by Gasteiger charge is -2.26. The highest BCUT2D eigenvalue weighted by Gasteiger charge is 2.37. The van der Waals surface area contributed by atoms with Gasteiger partial charge in [0.2, 0.25) is 0 Å². The zero-order valence-electron chi connectivity index (χ0n) is 18.5. The second-order valence-electron chi connectivity index (χ2n) is 8.67. The van der Waals surface area contributed by atoms with Gasteiger partial charge in [-0.1, -0.05) is 6.92 Å². The van der Waals surface area contributed by atoms with Crippen molar-refractivity contribution in [2.24, 2.45) is 5.41 Å². The molecule has 2 rings (SSSR count). The van der Waals surface area contributed by atoms with E-state index in [2.05, 4.69) is 12.2 Å². The second kappa shape index (κ2) is 9.37. The third kappa shape index (κ3) is 6.54. The first-order valence-corrected chi connectivity index (χ1v) is 10.2. The van der Waals surface area contributed by atoms with Crippen LogP contribution in [0.4, 0.5) is 4.79 Å². The van der Waals surface area contributed by atoms with Gasteiger partial charge in [0.15, 0.2) is 11.5 Å². The number of carbonyl (C=O) groups excluding carboxylic acids is 2. The Morgan fingerprint density at radius 3 is 2.41 bits per heavy atom. The van der Waals surface area contributed by atoms with Crippen molar-refractivity contribution in [1.29, 1.82) is 0 Å². The quantitative estimate of drug-likeness (QED) is 0.744. The molecule has 2 amide bonds. The van der Waals surface area contributed by atoms with Crippen LogP contribution in [0.5, 0.6) is 11.5 Å². The Morgan fingerprint density at radius 1 is 1.14 bits per heavy atom. The molecule has 162 valence electrons. The normalized spacial score (nSPS) is 19.0. The monoisotopic (exact) mass is 406 g/mol. The van der Waals surface area contributed by atoms with Crippen LogP contribution >= 0.6 is 0 Å². The van der Waals surface area contributed by atoms with Gasteiger partial charge in [-0.2, -0.15) is 0 Å². The zero-order chi connectivity index (χ0) is 21.7. The first-order valence-electron chi connectivity index (χ1n) is 10.2. The Balaban J connectivity index is 2.00. The SMILES string of the molecule is CCOc1ccc(C(=O)N2CCC(C)(CNC(=O)OC(C)(C)C)C2)cc1OCC. The van der Waals surface area contributed by atoms with E-state index in [1.807, 2.05) is 39.5 Å². The van der Waals surface area contributed by atoms with Gasteiger partial charge in [-0.3, -0.25) is 4.79 Å². The van der Waals surface area contributed by atoms with Crippen molar-refractivity contribution in [3.05, 3.63) is 23.8 Å². The van der Waals surface area contributed by atoms with Crippen LogP contribution in [0.1, 0.15) is 58.3 Å². The van der Waals surface area contributed by atoms with Crippen LogP contribution in [0.3, 0.4) is 0 Å². The Kier molecular flexibility index (Phi) is 7.38. The molecule has 1 unspecified atom stereocenters. The van der Waals surface area contributed by atoms with E-state index in [1.54, 1.807) is 18.2 Å². The molecule has 0 aromatic heterocycles. The highest BCUT2D eigenvalue weighted by Crippen LogP contribution is 2.33. The summed E-state index contributed by atoms with van der Waals surface area (Å²) in [7, 11) is 0. The summed E-state index contributed by atoms with van der Waals surface area (Å²) in [6, 6.07) is 5.29. The summed E-state index contributed by atoms with van der Waals surface area (Å²) in [4.78, 5) is 26.8. The molecule has 1 aliphatic heterocycles. The first kappa shape index (κ1) is 22.8. The number of benzene rings is 1. The van der Waals surface area contributed by atoms with Gasteiger partial charge >= 0.3 is 6.09 Å².